The average molecular weight is 1310 g/mol. The van der Waals surface area contributed by atoms with Gasteiger partial charge in [-0.2, -0.15) is 0 Å². The number of fused-ring (bicyclic) bond motifs is 14. The molecular formula is C96H61BN4S. The Morgan fingerprint density at radius 1 is 0.235 bits per heavy atom. The van der Waals surface area contributed by atoms with E-state index in [0.717, 1.165) is 89.6 Å². The van der Waals surface area contributed by atoms with Crippen LogP contribution in [0.15, 0.2) is 380 Å². The monoisotopic (exact) mass is 1310 g/mol. The van der Waals surface area contributed by atoms with Crippen molar-refractivity contribution in [1.82, 2.24) is 13.7 Å². The molecule has 6 heteroatoms. The van der Waals surface area contributed by atoms with Crippen LogP contribution in [0.1, 0.15) is 0 Å². The summed E-state index contributed by atoms with van der Waals surface area (Å²) in [6, 6.07) is 138. The van der Waals surface area contributed by atoms with Gasteiger partial charge in [0, 0.05) is 81.7 Å². The molecule has 0 amide bonds. The van der Waals surface area contributed by atoms with Crippen molar-refractivity contribution in [2.45, 2.75) is 9.79 Å². The van der Waals surface area contributed by atoms with Crippen LogP contribution in [0.3, 0.4) is 0 Å². The molecule has 0 fully saturated rings. The maximum atomic E-state index is 2.71. The second kappa shape index (κ2) is 23.4. The van der Waals surface area contributed by atoms with E-state index in [1.165, 1.54) is 103 Å². The first-order chi connectivity index (χ1) is 50.6. The number of nitrogens with zero attached hydrogens (tertiary/aromatic N) is 4. The normalized spacial score (nSPS) is 12.4. The van der Waals surface area contributed by atoms with Gasteiger partial charge in [-0.1, -0.05) is 290 Å². The second-order valence-corrected chi connectivity index (χ2v) is 28.1. The van der Waals surface area contributed by atoms with Gasteiger partial charge in [0.1, 0.15) is 0 Å². The third kappa shape index (κ3) is 9.13. The molecular weight excluding hydrogens is 1250 g/mol. The number of anilines is 3. The molecule has 0 unspecified atom stereocenters. The van der Waals surface area contributed by atoms with Crippen molar-refractivity contribution in [1.29, 1.82) is 0 Å². The minimum Gasteiger partial charge on any atom is -0.310 e. The van der Waals surface area contributed by atoms with E-state index in [-0.39, 0.29) is 6.71 Å². The highest BCUT2D eigenvalue weighted by Gasteiger charge is 2.44. The molecule has 0 spiro atoms. The van der Waals surface area contributed by atoms with Crippen molar-refractivity contribution < 1.29 is 0 Å². The zero-order valence-electron chi connectivity index (χ0n) is 55.5. The topological polar surface area (TPSA) is 18.0 Å². The van der Waals surface area contributed by atoms with Gasteiger partial charge in [-0.15, -0.1) is 0 Å². The fourth-order valence-electron chi connectivity index (χ4n) is 17.0. The SMILES string of the molecule is c1ccc(-c2cccc(-c3cccc(-c4cccc(-c5ccccc5)c4)c3N3c4cc(-n5c6ccccc6c6cc(-c7ccccc7)ccc65)ccc4B4c5ccc6c(c5Sc5cc(-n7c8ccccc8c8cc(-c9ccccc9)ccc87)cc3c54)c3ccccc3n6-c3ccccc3)c2)cc1. The summed E-state index contributed by atoms with van der Waals surface area (Å²) in [7, 11) is 0. The third-order valence-corrected chi connectivity index (χ3v) is 22.7. The number of rotatable bonds is 10. The Hall–Kier alpha value is -12.9. The molecule has 16 aromatic carbocycles. The highest BCUT2D eigenvalue weighted by molar-refractivity contribution is 8.00. The molecule has 21 rings (SSSR count). The Balaban J connectivity index is 0.904. The van der Waals surface area contributed by atoms with Gasteiger partial charge in [0.05, 0.1) is 38.8 Å². The van der Waals surface area contributed by atoms with E-state index >= 15 is 0 Å². The van der Waals surface area contributed by atoms with Crippen LogP contribution in [-0.4, -0.2) is 20.4 Å². The number of benzene rings is 16. The minimum absolute atomic E-state index is 0.180. The summed E-state index contributed by atoms with van der Waals surface area (Å²) in [5.74, 6) is 0. The van der Waals surface area contributed by atoms with Gasteiger partial charge in [-0.25, -0.2) is 0 Å². The highest BCUT2D eigenvalue weighted by Crippen LogP contribution is 2.53. The largest absolute Gasteiger partial charge is 0.310 e. The van der Waals surface area contributed by atoms with Crippen LogP contribution in [0.5, 0.6) is 0 Å². The number of aromatic nitrogens is 3. The third-order valence-electron chi connectivity index (χ3n) is 21.5. The van der Waals surface area contributed by atoms with Crippen molar-refractivity contribution in [2.75, 3.05) is 4.90 Å². The van der Waals surface area contributed by atoms with Crippen LogP contribution < -0.4 is 21.3 Å². The van der Waals surface area contributed by atoms with E-state index < -0.39 is 0 Å². The van der Waals surface area contributed by atoms with E-state index in [4.69, 9.17) is 0 Å². The van der Waals surface area contributed by atoms with E-state index in [2.05, 4.69) is 389 Å². The van der Waals surface area contributed by atoms with Gasteiger partial charge < -0.3 is 18.6 Å². The van der Waals surface area contributed by atoms with Crippen molar-refractivity contribution in [2.24, 2.45) is 0 Å². The Kier molecular flexibility index (Phi) is 13.3. The molecule has 474 valence electrons. The predicted molar refractivity (Wildman–Crippen MR) is 432 cm³/mol. The zero-order valence-corrected chi connectivity index (χ0v) is 56.3. The summed E-state index contributed by atoms with van der Waals surface area (Å²) in [4.78, 5) is 5.22. The lowest BCUT2D eigenvalue weighted by Gasteiger charge is -2.42. The van der Waals surface area contributed by atoms with Crippen molar-refractivity contribution in [3.8, 4) is 83.8 Å². The fraction of sp³-hybridized carbons (Fsp3) is 0. The summed E-state index contributed by atoms with van der Waals surface area (Å²) in [5, 5.41) is 7.35. The molecule has 5 heterocycles. The quantitative estimate of drug-likeness (QED) is 0.127. The van der Waals surface area contributed by atoms with Crippen LogP contribution in [0, 0.1) is 0 Å². The van der Waals surface area contributed by atoms with Crippen molar-refractivity contribution in [3.05, 3.63) is 370 Å². The standard InChI is InChI=1S/C96H61BN4S/c1-6-25-62(26-7-1)66-33-22-35-70(55-66)75-42-24-43-76(71-36-23-34-67(56-71)63-27-8-2-9-28-63)95(75)101-90-59-73(99-84-44-19-16-39-77(84)80-57-68(47-52-87(80)99)64-29-10-3-11-30-64)49-50-82(90)97-83-51-54-89-93(79-41-18-21-46-86(79)98(89)72-37-14-5-15-38-72)96(83)102-92-61-74(60-91(101)94(92)97)100-85-45-20-17-40-78(85)81-58-69(48-53-88(81)100)65-31-12-4-13-32-65/h1-61H. The van der Waals surface area contributed by atoms with E-state index in [0.29, 0.717) is 0 Å². The molecule has 3 aromatic heterocycles. The molecule has 0 aliphatic carbocycles. The van der Waals surface area contributed by atoms with Gasteiger partial charge in [0.25, 0.3) is 0 Å². The minimum atomic E-state index is -0.180. The van der Waals surface area contributed by atoms with Gasteiger partial charge in [0.15, 0.2) is 0 Å². The summed E-state index contributed by atoms with van der Waals surface area (Å²) in [6.07, 6.45) is 0. The van der Waals surface area contributed by atoms with Crippen LogP contribution >= 0.6 is 11.8 Å². The predicted octanol–water partition coefficient (Wildman–Crippen LogP) is 23.7. The first-order valence-electron chi connectivity index (χ1n) is 35.2. The van der Waals surface area contributed by atoms with Gasteiger partial charge in [-0.3, -0.25) is 0 Å². The molecule has 0 N–H and O–H groups in total. The second-order valence-electron chi connectivity index (χ2n) is 27.1. The Bertz CT molecular complexity index is 6490. The number of hydrogen-bond donors (Lipinski definition) is 0. The smallest absolute Gasteiger partial charge is 0.249 e. The molecule has 0 saturated carbocycles. The highest BCUT2D eigenvalue weighted by atomic mass is 32.2. The first kappa shape index (κ1) is 58.1. The van der Waals surface area contributed by atoms with Gasteiger partial charge in [0.2, 0.25) is 6.71 Å². The Morgan fingerprint density at radius 3 is 1.19 bits per heavy atom. The van der Waals surface area contributed by atoms with E-state index in [9.17, 15) is 0 Å². The Labute approximate surface area is 595 Å². The molecule has 2 aliphatic rings. The van der Waals surface area contributed by atoms with Crippen LogP contribution in [0.2, 0.25) is 0 Å². The molecule has 0 bridgehead atoms. The van der Waals surface area contributed by atoms with Gasteiger partial charge >= 0.3 is 0 Å². The maximum absolute atomic E-state index is 2.71. The molecule has 4 nitrogen and oxygen atoms in total. The molecule has 0 saturated heterocycles. The van der Waals surface area contributed by atoms with Crippen LogP contribution in [0.4, 0.5) is 17.1 Å². The van der Waals surface area contributed by atoms with E-state index in [1.807, 2.05) is 11.8 Å². The van der Waals surface area contributed by atoms with Crippen molar-refractivity contribution >= 4 is 117 Å². The molecule has 102 heavy (non-hydrogen) atoms. The first-order valence-corrected chi connectivity index (χ1v) is 36.0. The number of para-hydroxylation sites is 5. The summed E-state index contributed by atoms with van der Waals surface area (Å²) < 4.78 is 7.54. The maximum Gasteiger partial charge on any atom is 0.249 e. The van der Waals surface area contributed by atoms with Crippen LogP contribution in [0.25, 0.3) is 149 Å². The number of hydrogen-bond acceptors (Lipinski definition) is 2. The lowest BCUT2D eigenvalue weighted by atomic mass is 9.34. The lowest BCUT2D eigenvalue weighted by molar-refractivity contribution is 1.15. The summed E-state index contributed by atoms with van der Waals surface area (Å²) in [5.41, 5.74) is 31.4. The molecule has 19 aromatic rings. The van der Waals surface area contributed by atoms with Crippen molar-refractivity contribution in [3.63, 3.8) is 0 Å². The van der Waals surface area contributed by atoms with Gasteiger partial charge in [-0.05, 0) is 164 Å². The molecule has 0 atom stereocenters. The molecule has 2 aliphatic heterocycles. The zero-order chi connectivity index (χ0) is 66.9. The summed E-state index contributed by atoms with van der Waals surface area (Å²) in [6.45, 7) is -0.180. The van der Waals surface area contributed by atoms with Crippen LogP contribution in [-0.2, 0) is 0 Å². The molecule has 0 radical (unpaired) electrons. The fourth-order valence-corrected chi connectivity index (χ4v) is 18.3. The van der Waals surface area contributed by atoms with E-state index in [1.54, 1.807) is 0 Å². The lowest BCUT2D eigenvalue weighted by Crippen LogP contribution is -2.60. The summed E-state index contributed by atoms with van der Waals surface area (Å²) >= 11 is 1.94. The average Bonchev–Trinajstić information content (AvgIpc) is 1.29. The Morgan fingerprint density at radius 2 is 0.637 bits per heavy atom.